The highest BCUT2D eigenvalue weighted by Crippen LogP contribution is 2.65. The summed E-state index contributed by atoms with van der Waals surface area (Å²) in [5, 5.41) is 1.33. The Morgan fingerprint density at radius 2 is 1.95 bits per heavy atom. The van der Waals surface area contributed by atoms with Crippen LogP contribution in [0.15, 0.2) is 42.6 Å². The summed E-state index contributed by atoms with van der Waals surface area (Å²) in [6.07, 6.45) is 1.83. The molecule has 4 heteroatoms. The number of methoxy groups -OCH3 is 1. The number of benzene rings is 1. The van der Waals surface area contributed by atoms with E-state index in [0.717, 1.165) is 17.2 Å². The first-order valence-electron chi connectivity index (χ1n) is 7.06. The van der Waals surface area contributed by atoms with Gasteiger partial charge in [0.25, 0.3) is 0 Å². The van der Waals surface area contributed by atoms with Crippen molar-refractivity contribution >= 4 is 13.2 Å². The van der Waals surface area contributed by atoms with Crippen molar-refractivity contribution < 1.29 is 9.47 Å². The van der Waals surface area contributed by atoms with Crippen LogP contribution in [0.3, 0.4) is 0 Å². The Balaban J connectivity index is 2.14. The van der Waals surface area contributed by atoms with Gasteiger partial charge in [-0.25, -0.2) is 0 Å². The summed E-state index contributed by atoms with van der Waals surface area (Å²) >= 11 is 0. The molecule has 1 aromatic heterocycles. The van der Waals surface area contributed by atoms with Crippen LogP contribution in [0.2, 0.25) is 0 Å². The van der Waals surface area contributed by atoms with Gasteiger partial charge in [-0.15, -0.1) is 0 Å². The topological polar surface area (TPSA) is 31.4 Å². The van der Waals surface area contributed by atoms with Gasteiger partial charge in [0.2, 0.25) is 0 Å². The molecule has 1 aliphatic heterocycles. The van der Waals surface area contributed by atoms with Gasteiger partial charge >= 0.3 is 0 Å². The second kappa shape index (κ2) is 5.31. The monoisotopic (exact) mass is 301 g/mol. The smallest absolute Gasteiger partial charge is 0.163 e. The maximum Gasteiger partial charge on any atom is 0.163 e. The van der Waals surface area contributed by atoms with Crippen molar-refractivity contribution in [1.29, 1.82) is 0 Å². The van der Waals surface area contributed by atoms with E-state index in [9.17, 15) is 0 Å². The van der Waals surface area contributed by atoms with Gasteiger partial charge in [0, 0.05) is 6.20 Å². The van der Waals surface area contributed by atoms with Crippen LogP contribution >= 0.6 is 7.92 Å². The Morgan fingerprint density at radius 3 is 2.57 bits per heavy atom. The molecule has 0 unspecified atom stereocenters. The lowest BCUT2D eigenvalue weighted by molar-refractivity contribution is 0.294. The van der Waals surface area contributed by atoms with Crippen LogP contribution in [0.25, 0.3) is 0 Å². The molecule has 0 radical (unpaired) electrons. The molecule has 0 aliphatic carbocycles. The van der Waals surface area contributed by atoms with E-state index in [1.807, 2.05) is 42.6 Å². The summed E-state index contributed by atoms with van der Waals surface area (Å²) < 4.78 is 11.8. The van der Waals surface area contributed by atoms with Gasteiger partial charge in [0.15, 0.2) is 5.85 Å². The zero-order valence-electron chi connectivity index (χ0n) is 12.8. The van der Waals surface area contributed by atoms with Crippen molar-refractivity contribution in [3.8, 4) is 11.5 Å². The number of ether oxygens (including phenoxy) is 2. The number of fused-ring (bicyclic) bond motifs is 1. The molecule has 0 spiro atoms. The largest absolute Gasteiger partial charge is 0.496 e. The minimum absolute atomic E-state index is 0.00694. The van der Waals surface area contributed by atoms with E-state index in [0.29, 0.717) is 0 Å². The molecule has 1 aliphatic rings. The molecule has 2 atom stereocenters. The van der Waals surface area contributed by atoms with Crippen LogP contribution in [-0.4, -0.2) is 17.2 Å². The molecule has 0 bridgehead atoms. The molecule has 3 nitrogen and oxygen atoms in total. The molecule has 2 heterocycles. The third-order valence-corrected chi connectivity index (χ3v) is 6.77. The van der Waals surface area contributed by atoms with Crippen LogP contribution < -0.4 is 14.8 Å². The van der Waals surface area contributed by atoms with Crippen molar-refractivity contribution in [2.24, 2.45) is 0 Å². The summed E-state index contributed by atoms with van der Waals surface area (Å²) in [5.41, 5.74) is 0.997. The summed E-state index contributed by atoms with van der Waals surface area (Å²) in [4.78, 5) is 4.51. The van der Waals surface area contributed by atoms with Gasteiger partial charge in [0.05, 0.1) is 18.1 Å². The summed E-state index contributed by atoms with van der Waals surface area (Å²) in [5.74, 6) is 1.85. The minimum Gasteiger partial charge on any atom is -0.496 e. The molecule has 21 heavy (non-hydrogen) atoms. The fraction of sp³-hybridized carbons (Fsp3) is 0.353. The number of aromatic nitrogens is 1. The van der Waals surface area contributed by atoms with Crippen molar-refractivity contribution in [3.05, 3.63) is 48.3 Å². The van der Waals surface area contributed by atoms with Crippen molar-refractivity contribution in [3.63, 3.8) is 0 Å². The highest BCUT2D eigenvalue weighted by atomic mass is 31.1. The lowest BCUT2D eigenvalue weighted by atomic mass is 10.3. The third kappa shape index (κ3) is 2.51. The van der Waals surface area contributed by atoms with Gasteiger partial charge in [-0.3, -0.25) is 4.98 Å². The van der Waals surface area contributed by atoms with Crippen molar-refractivity contribution in [2.45, 2.75) is 31.8 Å². The summed E-state index contributed by atoms with van der Waals surface area (Å²) in [6, 6.07) is 12.0. The Kier molecular flexibility index (Phi) is 3.62. The first-order chi connectivity index (χ1) is 10.0. The van der Waals surface area contributed by atoms with E-state index >= 15 is 0 Å². The summed E-state index contributed by atoms with van der Waals surface area (Å²) in [7, 11) is 1.14. The molecule has 0 amide bonds. The first kappa shape index (κ1) is 14.3. The second-order valence-electron chi connectivity index (χ2n) is 6.07. The van der Waals surface area contributed by atoms with E-state index < -0.39 is 7.92 Å². The molecule has 110 valence electrons. The van der Waals surface area contributed by atoms with Gasteiger partial charge in [-0.2, -0.15) is 0 Å². The van der Waals surface area contributed by atoms with E-state index in [2.05, 4.69) is 25.8 Å². The Morgan fingerprint density at radius 1 is 1.14 bits per heavy atom. The number of hydrogen-bond acceptors (Lipinski definition) is 3. The third-order valence-electron chi connectivity index (χ3n) is 3.56. The predicted octanol–water partition coefficient (Wildman–Crippen LogP) is 4.09. The van der Waals surface area contributed by atoms with Crippen molar-refractivity contribution in [1.82, 2.24) is 4.98 Å². The molecule has 3 rings (SSSR count). The van der Waals surface area contributed by atoms with Crippen LogP contribution in [0.5, 0.6) is 11.5 Å². The Labute approximate surface area is 127 Å². The molecular formula is C17H20NO2P. The minimum atomic E-state index is -0.578. The molecular weight excluding hydrogens is 281 g/mol. The van der Waals surface area contributed by atoms with E-state index in [-0.39, 0.29) is 11.0 Å². The lowest BCUT2D eigenvalue weighted by Gasteiger charge is -2.31. The second-order valence-corrected chi connectivity index (χ2v) is 9.07. The standard InChI is InChI=1S/C17H20NO2P/c1-17(2,3)21-15-13(19-4)9-7-10-14(15)20-16(21)12-8-5-6-11-18-12/h5-11,16H,1-4H3/t16-,21+/m1/s1. The highest BCUT2D eigenvalue weighted by molar-refractivity contribution is 7.68. The predicted molar refractivity (Wildman–Crippen MR) is 86.9 cm³/mol. The lowest BCUT2D eigenvalue weighted by Crippen LogP contribution is -2.21. The fourth-order valence-corrected chi connectivity index (χ4v) is 5.70. The SMILES string of the molecule is COc1cccc2c1[P@](C(C)(C)C)[C@H](c1ccccn1)O2. The van der Waals surface area contributed by atoms with Crippen LogP contribution in [-0.2, 0) is 0 Å². The average molecular weight is 301 g/mol. The highest BCUT2D eigenvalue weighted by Gasteiger charge is 2.44. The van der Waals surface area contributed by atoms with Gasteiger partial charge in [-0.05, 0) is 37.3 Å². The number of hydrogen-bond donors (Lipinski definition) is 0. The van der Waals surface area contributed by atoms with Gasteiger partial charge in [0.1, 0.15) is 11.5 Å². The van der Waals surface area contributed by atoms with E-state index in [1.54, 1.807) is 7.11 Å². The molecule has 0 N–H and O–H groups in total. The zero-order valence-corrected chi connectivity index (χ0v) is 13.7. The van der Waals surface area contributed by atoms with Crippen LogP contribution in [0, 0.1) is 0 Å². The Hall–Kier alpha value is -1.60. The fourth-order valence-electron chi connectivity index (χ4n) is 2.69. The van der Waals surface area contributed by atoms with Crippen LogP contribution in [0.4, 0.5) is 0 Å². The van der Waals surface area contributed by atoms with E-state index in [4.69, 9.17) is 9.47 Å². The normalized spacial score (nSPS) is 20.8. The molecule has 0 fully saturated rings. The first-order valence-corrected chi connectivity index (χ1v) is 8.47. The number of rotatable bonds is 2. The van der Waals surface area contributed by atoms with Crippen LogP contribution in [0.1, 0.15) is 32.3 Å². The van der Waals surface area contributed by atoms with Gasteiger partial charge in [-0.1, -0.05) is 32.9 Å². The Bertz CT molecular complexity index is 637. The van der Waals surface area contributed by atoms with E-state index in [1.165, 1.54) is 5.30 Å². The zero-order chi connectivity index (χ0) is 15.0. The quantitative estimate of drug-likeness (QED) is 0.783. The maximum absolute atomic E-state index is 6.26. The van der Waals surface area contributed by atoms with Crippen molar-refractivity contribution in [2.75, 3.05) is 7.11 Å². The molecule has 0 saturated heterocycles. The number of pyridine rings is 1. The molecule has 0 saturated carbocycles. The maximum atomic E-state index is 6.26. The average Bonchev–Trinajstić information content (AvgIpc) is 2.87. The summed E-state index contributed by atoms with van der Waals surface area (Å²) in [6.45, 7) is 6.79. The molecule has 1 aromatic carbocycles. The number of nitrogens with zero attached hydrogens (tertiary/aromatic N) is 1. The van der Waals surface area contributed by atoms with Gasteiger partial charge < -0.3 is 9.47 Å². The molecule has 2 aromatic rings.